The van der Waals surface area contributed by atoms with Gasteiger partial charge in [0.05, 0.1) is 6.04 Å². The van der Waals surface area contributed by atoms with Crippen LogP contribution < -0.4 is 5.32 Å². The summed E-state index contributed by atoms with van der Waals surface area (Å²) in [4.78, 5) is 54.3. The Labute approximate surface area is 203 Å². The molecule has 0 radical (unpaired) electrons. The Morgan fingerprint density at radius 3 is 2.44 bits per heavy atom. The normalized spacial score (nSPS) is 17.2. The van der Waals surface area contributed by atoms with Crippen LogP contribution in [0.15, 0.2) is 30.3 Å². The summed E-state index contributed by atoms with van der Waals surface area (Å²) >= 11 is 0. The maximum absolute atomic E-state index is 13.4. The van der Waals surface area contributed by atoms with Gasteiger partial charge < -0.3 is 19.9 Å². The van der Waals surface area contributed by atoms with Crippen LogP contribution in [0.5, 0.6) is 0 Å². The van der Waals surface area contributed by atoms with E-state index in [1.54, 1.807) is 11.9 Å². The lowest BCUT2D eigenvalue weighted by Crippen LogP contribution is -2.55. The minimum absolute atomic E-state index is 0.0629. The minimum atomic E-state index is -0.772. The second kappa shape index (κ2) is 13.1. The van der Waals surface area contributed by atoms with E-state index >= 15 is 0 Å². The van der Waals surface area contributed by atoms with Gasteiger partial charge in [0.15, 0.2) is 5.78 Å². The molecule has 0 aromatic heterocycles. The van der Waals surface area contributed by atoms with E-state index in [1.165, 1.54) is 11.8 Å². The Kier molecular flexibility index (Phi) is 10.5. The fraction of sp³-hybridized carbons (Fsp3) is 0.615. The van der Waals surface area contributed by atoms with Gasteiger partial charge in [0.2, 0.25) is 11.8 Å². The number of Topliss-reactive ketones (excluding diaryl/α,β-unsaturated/α-hetero) is 1. The Bertz CT molecular complexity index is 842. The number of nitrogens with one attached hydrogen (secondary N) is 1. The quantitative estimate of drug-likeness (QED) is 0.530. The fourth-order valence-electron chi connectivity index (χ4n) is 4.37. The molecule has 3 amide bonds. The molecule has 188 valence electrons. The van der Waals surface area contributed by atoms with E-state index in [9.17, 15) is 19.2 Å². The minimum Gasteiger partial charge on any atom is -0.445 e. The molecular formula is C26H39N3O5. The summed E-state index contributed by atoms with van der Waals surface area (Å²) in [6, 6.07) is 7.39. The van der Waals surface area contributed by atoms with Gasteiger partial charge in [-0.15, -0.1) is 0 Å². The van der Waals surface area contributed by atoms with Crippen molar-refractivity contribution >= 4 is 23.7 Å². The third kappa shape index (κ3) is 7.57. The highest BCUT2D eigenvalue weighted by Crippen LogP contribution is 2.23. The van der Waals surface area contributed by atoms with E-state index in [4.69, 9.17) is 4.74 Å². The number of likely N-dealkylation sites (N-methyl/N-ethyl adjacent to an activating group) is 1. The van der Waals surface area contributed by atoms with E-state index in [2.05, 4.69) is 5.32 Å². The van der Waals surface area contributed by atoms with Crippen LogP contribution in [0.25, 0.3) is 0 Å². The van der Waals surface area contributed by atoms with Crippen molar-refractivity contribution in [1.82, 2.24) is 15.1 Å². The Balaban J connectivity index is 2.06. The van der Waals surface area contributed by atoms with Crippen LogP contribution in [0.2, 0.25) is 0 Å². The van der Waals surface area contributed by atoms with E-state index in [-0.39, 0.29) is 30.1 Å². The van der Waals surface area contributed by atoms with Crippen molar-refractivity contribution in [3.63, 3.8) is 0 Å². The predicted octanol–water partition coefficient (Wildman–Crippen LogP) is 3.53. The number of nitrogens with zero attached hydrogens (tertiary/aromatic N) is 2. The number of ketones is 1. The van der Waals surface area contributed by atoms with Crippen LogP contribution in [0.1, 0.15) is 65.4 Å². The van der Waals surface area contributed by atoms with Gasteiger partial charge >= 0.3 is 6.09 Å². The zero-order valence-corrected chi connectivity index (χ0v) is 21.1. The highest BCUT2D eigenvalue weighted by atomic mass is 16.5. The number of hydrogen-bond acceptors (Lipinski definition) is 5. The van der Waals surface area contributed by atoms with E-state index in [0.717, 1.165) is 5.56 Å². The summed E-state index contributed by atoms with van der Waals surface area (Å²) < 4.78 is 5.29. The molecule has 1 aliphatic heterocycles. The number of carbonyl (C=O) groups is 4. The lowest BCUT2D eigenvalue weighted by atomic mass is 9.99. The van der Waals surface area contributed by atoms with Crippen molar-refractivity contribution in [3.05, 3.63) is 35.9 Å². The zero-order valence-electron chi connectivity index (χ0n) is 21.1. The number of hydrogen-bond donors (Lipinski definition) is 1. The molecule has 2 rings (SSSR count). The number of alkyl carbamates (subject to hydrolysis) is 1. The first kappa shape index (κ1) is 27.3. The number of ether oxygens (including phenoxy) is 1. The largest absolute Gasteiger partial charge is 0.445 e. The Morgan fingerprint density at radius 1 is 1.18 bits per heavy atom. The molecule has 0 saturated carbocycles. The van der Waals surface area contributed by atoms with Crippen LogP contribution in [-0.2, 0) is 25.7 Å². The first-order chi connectivity index (χ1) is 16.1. The third-order valence-corrected chi connectivity index (χ3v) is 6.18. The average molecular weight is 474 g/mol. The van der Waals surface area contributed by atoms with Gasteiger partial charge in [-0.3, -0.25) is 14.4 Å². The number of likely N-dealkylation sites (tertiary alicyclic amines) is 1. The van der Waals surface area contributed by atoms with Crippen LogP contribution in [0.4, 0.5) is 4.79 Å². The fourth-order valence-corrected chi connectivity index (χ4v) is 4.37. The summed E-state index contributed by atoms with van der Waals surface area (Å²) in [6.07, 6.45) is 2.27. The summed E-state index contributed by atoms with van der Waals surface area (Å²) in [5.74, 6) is -0.322. The molecule has 3 atom stereocenters. The number of benzene rings is 1. The molecule has 1 aromatic rings. The molecule has 1 aromatic carbocycles. The monoisotopic (exact) mass is 473 g/mol. The van der Waals surface area contributed by atoms with E-state index < -0.39 is 24.2 Å². The van der Waals surface area contributed by atoms with Crippen LogP contribution in [0.3, 0.4) is 0 Å². The van der Waals surface area contributed by atoms with Crippen molar-refractivity contribution in [1.29, 1.82) is 0 Å². The highest BCUT2D eigenvalue weighted by molar-refractivity contribution is 5.94. The number of carbonyl (C=O) groups excluding carboxylic acids is 4. The molecule has 8 heteroatoms. The van der Waals surface area contributed by atoms with Crippen molar-refractivity contribution in [2.24, 2.45) is 5.92 Å². The molecule has 0 spiro atoms. The SMILES string of the molecule is CCC[C@H](NC(=O)OCc1ccccc1)C(=O)N1CCC[C@H]1C(=O)N(C)[C@H](CC(C)C)C(C)=O. The Hall–Kier alpha value is -2.90. The van der Waals surface area contributed by atoms with Gasteiger partial charge in [0.25, 0.3) is 0 Å². The van der Waals surface area contributed by atoms with Crippen molar-refractivity contribution in [2.45, 2.75) is 84.5 Å². The van der Waals surface area contributed by atoms with E-state index in [1.807, 2.05) is 51.1 Å². The van der Waals surface area contributed by atoms with Crippen molar-refractivity contribution in [3.8, 4) is 0 Å². The molecule has 8 nitrogen and oxygen atoms in total. The maximum atomic E-state index is 13.4. The smallest absolute Gasteiger partial charge is 0.408 e. The van der Waals surface area contributed by atoms with Crippen LogP contribution in [-0.4, -0.2) is 65.2 Å². The van der Waals surface area contributed by atoms with Gasteiger partial charge in [0, 0.05) is 13.6 Å². The van der Waals surface area contributed by atoms with E-state index in [0.29, 0.717) is 38.6 Å². The van der Waals surface area contributed by atoms with Crippen molar-refractivity contribution < 1.29 is 23.9 Å². The summed E-state index contributed by atoms with van der Waals surface area (Å²) in [6.45, 7) is 8.00. The Morgan fingerprint density at radius 2 is 1.85 bits per heavy atom. The second-order valence-corrected chi connectivity index (χ2v) is 9.44. The lowest BCUT2D eigenvalue weighted by molar-refractivity contribution is -0.147. The van der Waals surface area contributed by atoms with Crippen molar-refractivity contribution in [2.75, 3.05) is 13.6 Å². The molecule has 1 heterocycles. The van der Waals surface area contributed by atoms with Gasteiger partial charge in [-0.2, -0.15) is 0 Å². The topological polar surface area (TPSA) is 96.0 Å². The first-order valence-corrected chi connectivity index (χ1v) is 12.2. The number of amides is 3. The van der Waals surface area contributed by atoms with Gasteiger partial charge in [0.1, 0.15) is 18.7 Å². The molecule has 0 unspecified atom stereocenters. The van der Waals surface area contributed by atoms with Crippen LogP contribution >= 0.6 is 0 Å². The predicted molar refractivity (Wildman–Crippen MR) is 130 cm³/mol. The molecule has 34 heavy (non-hydrogen) atoms. The molecule has 1 saturated heterocycles. The zero-order chi connectivity index (χ0) is 25.3. The standard InChI is InChI=1S/C26H39N3O5/c1-6-11-21(27-26(33)34-17-20-12-8-7-9-13-20)24(31)29-15-10-14-22(29)25(32)28(5)23(19(4)30)16-18(2)3/h7-9,12-13,18,21-23H,6,10-11,14-17H2,1-5H3,(H,27,33)/t21-,22-,23+/m0/s1. The first-order valence-electron chi connectivity index (χ1n) is 12.2. The molecule has 0 aliphatic carbocycles. The number of rotatable bonds is 11. The molecule has 1 fully saturated rings. The lowest BCUT2D eigenvalue weighted by Gasteiger charge is -2.34. The van der Waals surface area contributed by atoms with Gasteiger partial charge in [-0.1, -0.05) is 57.5 Å². The summed E-state index contributed by atoms with van der Waals surface area (Å²) in [7, 11) is 1.64. The summed E-state index contributed by atoms with van der Waals surface area (Å²) in [5, 5.41) is 2.69. The maximum Gasteiger partial charge on any atom is 0.408 e. The molecule has 0 bridgehead atoms. The molecule has 1 aliphatic rings. The third-order valence-electron chi connectivity index (χ3n) is 6.18. The molecule has 1 N–H and O–H groups in total. The molecular weight excluding hydrogens is 434 g/mol. The highest BCUT2D eigenvalue weighted by Gasteiger charge is 2.40. The van der Waals surface area contributed by atoms with Gasteiger partial charge in [-0.05, 0) is 44.1 Å². The summed E-state index contributed by atoms with van der Waals surface area (Å²) in [5.41, 5.74) is 0.852. The van der Waals surface area contributed by atoms with Gasteiger partial charge in [-0.25, -0.2) is 4.79 Å². The second-order valence-electron chi connectivity index (χ2n) is 9.44. The average Bonchev–Trinajstić information content (AvgIpc) is 3.30. The van der Waals surface area contributed by atoms with Crippen LogP contribution in [0, 0.1) is 5.92 Å².